The lowest BCUT2D eigenvalue weighted by molar-refractivity contribution is 0.272. The first-order valence-corrected chi connectivity index (χ1v) is 8.02. The van der Waals surface area contributed by atoms with E-state index >= 15 is 0 Å². The van der Waals surface area contributed by atoms with Gasteiger partial charge in [0.15, 0.2) is 0 Å². The van der Waals surface area contributed by atoms with E-state index in [9.17, 15) is 0 Å². The maximum atomic E-state index is 6.15. The largest absolute Gasteiger partial charge is 0.368 e. The standard InChI is InChI=1S/C17H17Cl2N3/c18-15-7-6-14(17(19)12-15)13-20-22-10-8-21(9-11-22)16-4-2-1-3-5-16/h1-7,12-13H,8-11H2/b20-13+. The number of nitrogens with zero attached hydrogens (tertiary/aromatic N) is 3. The summed E-state index contributed by atoms with van der Waals surface area (Å²) in [5, 5.41) is 7.86. The number of anilines is 1. The van der Waals surface area contributed by atoms with E-state index < -0.39 is 0 Å². The molecule has 0 atom stereocenters. The summed E-state index contributed by atoms with van der Waals surface area (Å²) in [6.45, 7) is 3.73. The highest BCUT2D eigenvalue weighted by molar-refractivity contribution is 6.36. The molecule has 1 fully saturated rings. The first-order chi connectivity index (χ1) is 10.7. The number of piperazine rings is 1. The smallest absolute Gasteiger partial charge is 0.0557 e. The number of rotatable bonds is 3. The molecule has 1 saturated heterocycles. The zero-order valence-corrected chi connectivity index (χ0v) is 13.6. The van der Waals surface area contributed by atoms with Gasteiger partial charge >= 0.3 is 0 Å². The first-order valence-electron chi connectivity index (χ1n) is 7.26. The maximum Gasteiger partial charge on any atom is 0.0557 e. The summed E-state index contributed by atoms with van der Waals surface area (Å²) in [5.41, 5.74) is 2.16. The summed E-state index contributed by atoms with van der Waals surface area (Å²) in [5.74, 6) is 0. The number of hydrogen-bond donors (Lipinski definition) is 0. The quantitative estimate of drug-likeness (QED) is 0.786. The second-order valence-corrected chi connectivity index (χ2v) is 6.03. The highest BCUT2D eigenvalue weighted by Gasteiger charge is 2.15. The van der Waals surface area contributed by atoms with Crippen LogP contribution >= 0.6 is 23.2 Å². The minimum atomic E-state index is 0.624. The van der Waals surface area contributed by atoms with E-state index in [-0.39, 0.29) is 0 Å². The van der Waals surface area contributed by atoms with E-state index in [1.165, 1.54) is 5.69 Å². The van der Waals surface area contributed by atoms with Gasteiger partial charge in [0, 0.05) is 29.4 Å². The molecular formula is C17H17Cl2N3. The van der Waals surface area contributed by atoms with Crippen molar-refractivity contribution in [2.24, 2.45) is 5.10 Å². The van der Waals surface area contributed by atoms with Crippen molar-refractivity contribution in [2.45, 2.75) is 0 Å². The minimum Gasteiger partial charge on any atom is -0.368 e. The molecule has 1 heterocycles. The third kappa shape index (κ3) is 3.73. The lowest BCUT2D eigenvalue weighted by Gasteiger charge is -2.34. The van der Waals surface area contributed by atoms with Crippen LogP contribution in [0, 0.1) is 0 Å². The molecule has 0 unspecified atom stereocenters. The van der Waals surface area contributed by atoms with E-state index in [0.29, 0.717) is 10.0 Å². The lowest BCUT2D eigenvalue weighted by Crippen LogP contribution is -2.44. The highest BCUT2D eigenvalue weighted by atomic mass is 35.5. The molecule has 114 valence electrons. The van der Waals surface area contributed by atoms with Gasteiger partial charge in [-0.25, -0.2) is 0 Å². The first kappa shape index (κ1) is 15.2. The number of hydrazone groups is 1. The normalized spacial score (nSPS) is 15.5. The van der Waals surface area contributed by atoms with Crippen molar-refractivity contribution in [1.82, 2.24) is 5.01 Å². The summed E-state index contributed by atoms with van der Waals surface area (Å²) in [6, 6.07) is 15.9. The molecule has 0 amide bonds. The molecule has 0 aromatic heterocycles. The predicted molar refractivity (Wildman–Crippen MR) is 94.3 cm³/mol. The average molecular weight is 334 g/mol. The molecular weight excluding hydrogens is 317 g/mol. The number of benzene rings is 2. The summed E-state index contributed by atoms with van der Waals surface area (Å²) in [6.07, 6.45) is 1.80. The van der Waals surface area contributed by atoms with Crippen LogP contribution in [0.1, 0.15) is 5.56 Å². The van der Waals surface area contributed by atoms with Crippen LogP contribution in [-0.4, -0.2) is 37.4 Å². The Morgan fingerprint density at radius 3 is 2.32 bits per heavy atom. The molecule has 5 heteroatoms. The predicted octanol–water partition coefficient (Wildman–Crippen LogP) is 4.15. The minimum absolute atomic E-state index is 0.624. The molecule has 1 aliphatic rings. The van der Waals surface area contributed by atoms with Crippen molar-refractivity contribution in [1.29, 1.82) is 0 Å². The molecule has 1 aliphatic heterocycles. The van der Waals surface area contributed by atoms with Gasteiger partial charge in [-0.05, 0) is 24.3 Å². The van der Waals surface area contributed by atoms with Crippen molar-refractivity contribution in [3.8, 4) is 0 Å². The monoisotopic (exact) mass is 333 g/mol. The van der Waals surface area contributed by atoms with Gasteiger partial charge < -0.3 is 4.90 Å². The number of para-hydroxylation sites is 1. The van der Waals surface area contributed by atoms with Crippen LogP contribution < -0.4 is 4.90 Å². The second kappa shape index (κ2) is 7.03. The second-order valence-electron chi connectivity index (χ2n) is 5.19. The van der Waals surface area contributed by atoms with Gasteiger partial charge in [-0.15, -0.1) is 0 Å². The summed E-state index contributed by atoms with van der Waals surface area (Å²) in [7, 11) is 0. The molecule has 2 aromatic rings. The molecule has 22 heavy (non-hydrogen) atoms. The fraction of sp³-hybridized carbons (Fsp3) is 0.235. The molecule has 0 radical (unpaired) electrons. The van der Waals surface area contributed by atoms with Gasteiger partial charge in [0.25, 0.3) is 0 Å². The van der Waals surface area contributed by atoms with E-state index in [2.05, 4.69) is 39.3 Å². The van der Waals surface area contributed by atoms with Crippen LogP contribution in [0.4, 0.5) is 5.69 Å². The van der Waals surface area contributed by atoms with Gasteiger partial charge in [-0.2, -0.15) is 5.10 Å². The van der Waals surface area contributed by atoms with Crippen LogP contribution in [0.5, 0.6) is 0 Å². The van der Waals surface area contributed by atoms with E-state index in [0.717, 1.165) is 31.7 Å². The van der Waals surface area contributed by atoms with Crippen molar-refractivity contribution in [2.75, 3.05) is 31.1 Å². The van der Waals surface area contributed by atoms with Gasteiger partial charge in [0.05, 0.1) is 24.3 Å². The Labute approximate surface area is 140 Å². The van der Waals surface area contributed by atoms with Crippen molar-refractivity contribution >= 4 is 35.1 Å². The molecule has 0 bridgehead atoms. The van der Waals surface area contributed by atoms with Gasteiger partial charge in [-0.1, -0.05) is 47.5 Å². The number of halogens is 2. The van der Waals surface area contributed by atoms with Crippen molar-refractivity contribution in [3.63, 3.8) is 0 Å². The van der Waals surface area contributed by atoms with E-state index in [1.807, 2.05) is 18.2 Å². The summed E-state index contributed by atoms with van der Waals surface area (Å²) in [4.78, 5) is 2.38. The fourth-order valence-electron chi connectivity index (χ4n) is 2.46. The molecule has 2 aromatic carbocycles. The van der Waals surface area contributed by atoms with Crippen LogP contribution in [0.3, 0.4) is 0 Å². The Bertz CT molecular complexity index is 650. The van der Waals surface area contributed by atoms with Crippen LogP contribution in [-0.2, 0) is 0 Å². The molecule has 3 rings (SSSR count). The van der Waals surface area contributed by atoms with Crippen molar-refractivity contribution in [3.05, 3.63) is 64.1 Å². The Kier molecular flexibility index (Phi) is 4.86. The fourth-order valence-corrected chi connectivity index (χ4v) is 2.92. The summed E-state index contributed by atoms with van der Waals surface area (Å²) < 4.78 is 0. The SMILES string of the molecule is Clc1ccc(/C=N/N2CCN(c3ccccc3)CC2)c(Cl)c1. The topological polar surface area (TPSA) is 18.8 Å². The van der Waals surface area contributed by atoms with Crippen LogP contribution in [0.15, 0.2) is 53.6 Å². The average Bonchev–Trinajstić information content (AvgIpc) is 2.55. The molecule has 0 aliphatic carbocycles. The van der Waals surface area contributed by atoms with E-state index in [1.54, 1.807) is 12.3 Å². The van der Waals surface area contributed by atoms with E-state index in [4.69, 9.17) is 23.2 Å². The zero-order chi connectivity index (χ0) is 15.4. The Morgan fingerprint density at radius 1 is 0.909 bits per heavy atom. The third-order valence-corrected chi connectivity index (χ3v) is 4.26. The zero-order valence-electron chi connectivity index (χ0n) is 12.1. The van der Waals surface area contributed by atoms with Gasteiger partial charge in [0.1, 0.15) is 0 Å². The van der Waals surface area contributed by atoms with Crippen LogP contribution in [0.2, 0.25) is 10.0 Å². The Balaban J connectivity index is 1.59. The lowest BCUT2D eigenvalue weighted by atomic mass is 10.2. The molecule has 0 spiro atoms. The van der Waals surface area contributed by atoms with Gasteiger partial charge in [-0.3, -0.25) is 5.01 Å². The van der Waals surface area contributed by atoms with Crippen LogP contribution in [0.25, 0.3) is 0 Å². The Morgan fingerprint density at radius 2 is 1.64 bits per heavy atom. The number of hydrogen-bond acceptors (Lipinski definition) is 3. The summed E-state index contributed by atoms with van der Waals surface area (Å²) >= 11 is 12.0. The molecule has 3 nitrogen and oxygen atoms in total. The third-order valence-electron chi connectivity index (χ3n) is 3.70. The highest BCUT2D eigenvalue weighted by Crippen LogP contribution is 2.20. The van der Waals surface area contributed by atoms with Crippen molar-refractivity contribution < 1.29 is 0 Å². The molecule has 0 N–H and O–H groups in total. The van der Waals surface area contributed by atoms with Gasteiger partial charge in [0.2, 0.25) is 0 Å². The maximum absolute atomic E-state index is 6.15. The Hall–Kier alpha value is -1.71. The molecule has 0 saturated carbocycles.